The van der Waals surface area contributed by atoms with Crippen molar-refractivity contribution in [2.75, 3.05) is 6.54 Å². The van der Waals surface area contributed by atoms with Crippen LogP contribution in [-0.4, -0.2) is 26.0 Å². The van der Waals surface area contributed by atoms with Crippen molar-refractivity contribution in [1.29, 1.82) is 0 Å². The topological polar surface area (TPSA) is 89.3 Å². The van der Waals surface area contributed by atoms with Crippen molar-refractivity contribution >= 4 is 25.6 Å². The molecule has 0 saturated heterocycles. The Morgan fingerprint density at radius 1 is 1.33 bits per heavy atom. The van der Waals surface area contributed by atoms with Crippen LogP contribution in [0.4, 0.5) is 0 Å². The minimum Gasteiger partial charge on any atom is -0.351 e. The minimum absolute atomic E-state index is 0.0501. The number of nitrogens with one attached hydrogen (secondary N) is 1. The Hall–Kier alpha value is -1.86. The highest BCUT2D eigenvalue weighted by molar-refractivity contribution is 8.13. The summed E-state index contributed by atoms with van der Waals surface area (Å²) in [5.74, 6) is -0.174. The van der Waals surface area contributed by atoms with Crippen molar-refractivity contribution in [3.63, 3.8) is 0 Å². The highest BCUT2D eigenvalue weighted by Gasteiger charge is 2.11. The first kappa shape index (κ1) is 15.5. The molecule has 2 aromatic rings. The van der Waals surface area contributed by atoms with Crippen molar-refractivity contribution < 1.29 is 17.7 Å². The number of rotatable bonds is 5. The van der Waals surface area contributed by atoms with Gasteiger partial charge in [0.25, 0.3) is 15.0 Å². The van der Waals surface area contributed by atoms with E-state index in [-0.39, 0.29) is 16.6 Å². The fourth-order valence-electron chi connectivity index (χ4n) is 1.70. The molecule has 0 aliphatic heterocycles. The predicted molar refractivity (Wildman–Crippen MR) is 76.8 cm³/mol. The van der Waals surface area contributed by atoms with Crippen LogP contribution in [0, 0.1) is 6.92 Å². The Labute approximate surface area is 126 Å². The van der Waals surface area contributed by atoms with E-state index in [4.69, 9.17) is 15.2 Å². The Balaban J connectivity index is 1.88. The van der Waals surface area contributed by atoms with E-state index in [0.717, 1.165) is 5.56 Å². The molecule has 0 saturated carbocycles. The molecule has 1 amide bonds. The van der Waals surface area contributed by atoms with Crippen molar-refractivity contribution in [2.45, 2.75) is 18.2 Å². The molecule has 0 aliphatic rings. The van der Waals surface area contributed by atoms with E-state index in [1.807, 2.05) is 0 Å². The molecule has 2 rings (SSSR count). The third-order valence-electron chi connectivity index (χ3n) is 2.76. The maximum atomic E-state index is 11.7. The van der Waals surface area contributed by atoms with Crippen LogP contribution in [0.3, 0.4) is 0 Å². The summed E-state index contributed by atoms with van der Waals surface area (Å²) < 4.78 is 27.0. The highest BCUT2D eigenvalue weighted by Crippen LogP contribution is 2.15. The Morgan fingerprint density at radius 3 is 2.52 bits per heavy atom. The number of halogens is 1. The number of benzene rings is 1. The molecule has 112 valence electrons. The maximum Gasteiger partial charge on any atom is 0.289 e. The van der Waals surface area contributed by atoms with Crippen LogP contribution in [0.15, 0.2) is 39.8 Å². The highest BCUT2D eigenvalue weighted by atomic mass is 35.7. The average molecular weight is 329 g/mol. The van der Waals surface area contributed by atoms with Crippen LogP contribution in [-0.2, 0) is 15.5 Å². The van der Waals surface area contributed by atoms with Gasteiger partial charge in [0.05, 0.1) is 10.6 Å². The summed E-state index contributed by atoms with van der Waals surface area (Å²) in [5.41, 5.74) is 1.52. The van der Waals surface area contributed by atoms with Crippen LogP contribution in [0.2, 0.25) is 0 Å². The van der Waals surface area contributed by atoms with Gasteiger partial charge in [-0.2, -0.15) is 0 Å². The molecule has 0 atom stereocenters. The third-order valence-corrected chi connectivity index (χ3v) is 4.13. The lowest BCUT2D eigenvalue weighted by atomic mass is 10.1. The first-order valence-electron chi connectivity index (χ1n) is 6.11. The molecular formula is C13H13ClN2O4S. The molecule has 0 unspecified atom stereocenters. The average Bonchev–Trinajstić information content (AvgIpc) is 2.85. The Bertz CT molecular complexity index is 738. The van der Waals surface area contributed by atoms with Crippen LogP contribution in [0.5, 0.6) is 0 Å². The first-order valence-corrected chi connectivity index (χ1v) is 8.42. The number of aryl methyl sites for hydroxylation is 1. The molecule has 0 radical (unpaired) electrons. The zero-order valence-corrected chi connectivity index (χ0v) is 12.7. The van der Waals surface area contributed by atoms with Gasteiger partial charge in [-0.05, 0) is 31.0 Å². The smallest absolute Gasteiger partial charge is 0.289 e. The van der Waals surface area contributed by atoms with Crippen molar-refractivity contribution in [1.82, 2.24) is 10.5 Å². The van der Waals surface area contributed by atoms with Crippen LogP contribution >= 0.6 is 10.7 Å². The van der Waals surface area contributed by atoms with E-state index in [9.17, 15) is 13.2 Å². The fraction of sp³-hybridized carbons (Fsp3) is 0.231. The summed E-state index contributed by atoms with van der Waals surface area (Å²) in [7, 11) is 1.52. The lowest BCUT2D eigenvalue weighted by Gasteiger charge is -2.04. The van der Waals surface area contributed by atoms with E-state index in [1.54, 1.807) is 25.1 Å². The quantitative estimate of drug-likeness (QED) is 0.846. The van der Waals surface area contributed by atoms with Crippen LogP contribution in [0.1, 0.15) is 21.8 Å². The molecule has 1 heterocycles. The monoisotopic (exact) mass is 328 g/mol. The first-order chi connectivity index (χ1) is 9.86. The fourth-order valence-corrected chi connectivity index (χ4v) is 2.47. The van der Waals surface area contributed by atoms with Gasteiger partial charge in [0.2, 0.25) is 5.76 Å². The zero-order chi connectivity index (χ0) is 15.5. The number of carbonyl (C=O) groups is 1. The minimum atomic E-state index is -3.70. The van der Waals surface area contributed by atoms with E-state index in [1.165, 1.54) is 12.1 Å². The second-order valence-electron chi connectivity index (χ2n) is 4.42. The number of hydrogen-bond acceptors (Lipinski definition) is 5. The molecule has 1 aromatic carbocycles. The maximum absolute atomic E-state index is 11.7. The van der Waals surface area contributed by atoms with Crippen molar-refractivity contribution in [3.8, 4) is 0 Å². The van der Waals surface area contributed by atoms with Gasteiger partial charge in [-0.3, -0.25) is 4.79 Å². The summed E-state index contributed by atoms with van der Waals surface area (Å²) in [5, 5.41) is 6.32. The lowest BCUT2D eigenvalue weighted by Crippen LogP contribution is -2.25. The van der Waals surface area contributed by atoms with Gasteiger partial charge >= 0.3 is 0 Å². The lowest BCUT2D eigenvalue weighted by molar-refractivity contribution is 0.0917. The van der Waals surface area contributed by atoms with Gasteiger partial charge in [0.15, 0.2) is 0 Å². The summed E-state index contributed by atoms with van der Waals surface area (Å²) in [6.07, 6.45) is 0.557. The van der Waals surface area contributed by atoms with E-state index >= 15 is 0 Å². The third kappa shape index (κ3) is 4.30. The van der Waals surface area contributed by atoms with E-state index < -0.39 is 9.05 Å². The van der Waals surface area contributed by atoms with Crippen LogP contribution < -0.4 is 5.32 Å². The molecule has 21 heavy (non-hydrogen) atoms. The molecular weight excluding hydrogens is 316 g/mol. The predicted octanol–water partition coefficient (Wildman–Crippen LogP) is 1.88. The molecule has 1 N–H and O–H groups in total. The standard InChI is InChI=1S/C13H13ClN2O4S/c1-9-8-12(20-16-9)13(17)15-7-6-10-2-4-11(5-3-10)21(14,18)19/h2-5,8H,6-7H2,1H3,(H,15,17). The Morgan fingerprint density at radius 2 is 2.00 bits per heavy atom. The molecule has 0 bridgehead atoms. The number of aromatic nitrogens is 1. The SMILES string of the molecule is Cc1cc(C(=O)NCCc2ccc(S(=O)(=O)Cl)cc2)on1. The second-order valence-corrected chi connectivity index (χ2v) is 6.99. The number of nitrogens with zero attached hydrogens (tertiary/aromatic N) is 1. The molecule has 8 heteroatoms. The summed E-state index contributed by atoms with van der Waals surface area (Å²) in [6.45, 7) is 2.12. The van der Waals surface area contributed by atoms with E-state index in [0.29, 0.717) is 18.7 Å². The molecule has 0 aliphatic carbocycles. The molecule has 0 fully saturated rings. The van der Waals surface area contributed by atoms with E-state index in [2.05, 4.69) is 10.5 Å². The Kier molecular flexibility index (Phi) is 4.64. The number of carbonyl (C=O) groups excluding carboxylic acids is 1. The van der Waals surface area contributed by atoms with Crippen LogP contribution in [0.25, 0.3) is 0 Å². The van der Waals surface area contributed by atoms with Crippen molar-refractivity contribution in [3.05, 3.63) is 47.3 Å². The zero-order valence-electron chi connectivity index (χ0n) is 11.2. The second kappa shape index (κ2) is 6.28. The van der Waals surface area contributed by atoms with Gasteiger partial charge in [0, 0.05) is 23.3 Å². The molecule has 0 spiro atoms. The number of amides is 1. The van der Waals surface area contributed by atoms with Gasteiger partial charge in [-0.15, -0.1) is 0 Å². The van der Waals surface area contributed by atoms with Gasteiger partial charge in [-0.25, -0.2) is 8.42 Å². The largest absolute Gasteiger partial charge is 0.351 e. The summed E-state index contributed by atoms with van der Waals surface area (Å²) in [6, 6.07) is 7.72. The summed E-state index contributed by atoms with van der Waals surface area (Å²) >= 11 is 0. The van der Waals surface area contributed by atoms with Gasteiger partial charge in [0.1, 0.15) is 0 Å². The van der Waals surface area contributed by atoms with Gasteiger partial charge in [-0.1, -0.05) is 17.3 Å². The normalized spacial score (nSPS) is 11.3. The summed E-state index contributed by atoms with van der Waals surface area (Å²) in [4.78, 5) is 11.7. The molecule has 6 nitrogen and oxygen atoms in total. The van der Waals surface area contributed by atoms with Crippen molar-refractivity contribution in [2.24, 2.45) is 0 Å². The molecule has 1 aromatic heterocycles. The van der Waals surface area contributed by atoms with Gasteiger partial charge < -0.3 is 9.84 Å². The number of hydrogen-bond donors (Lipinski definition) is 1.